The van der Waals surface area contributed by atoms with Crippen molar-refractivity contribution in [3.8, 4) is 11.6 Å². The smallest absolute Gasteiger partial charge is 0.233 e. The highest BCUT2D eigenvalue weighted by Gasteiger charge is 2.11. The van der Waals surface area contributed by atoms with Crippen molar-refractivity contribution < 1.29 is 14.6 Å². The molecule has 2 aromatic rings. The first-order valence-corrected chi connectivity index (χ1v) is 8.62. The molecule has 0 aliphatic heterocycles. The van der Waals surface area contributed by atoms with Crippen LogP contribution in [-0.2, 0) is 0 Å². The molecule has 0 amide bonds. The topological polar surface area (TPSA) is 76.5 Å². The molecule has 0 saturated carbocycles. The zero-order valence-corrected chi connectivity index (χ0v) is 15.6. The van der Waals surface area contributed by atoms with Crippen LogP contribution in [0.25, 0.3) is 0 Å². The highest BCUT2D eigenvalue weighted by atomic mass is 35.5. The van der Waals surface area contributed by atoms with Gasteiger partial charge in [-0.25, -0.2) is 0 Å². The van der Waals surface area contributed by atoms with Crippen LogP contribution in [0.15, 0.2) is 30.3 Å². The molecule has 0 fully saturated rings. The van der Waals surface area contributed by atoms with Crippen LogP contribution in [0, 0.1) is 6.92 Å². The zero-order valence-electron chi connectivity index (χ0n) is 14.1. The maximum Gasteiger partial charge on any atom is 0.233 e. The first-order chi connectivity index (χ1) is 12.0. The van der Waals surface area contributed by atoms with Crippen molar-refractivity contribution in [2.24, 2.45) is 0 Å². The SMILES string of the molecule is Cc1cccc(OCC(O)CNC(C)COc2ccc(Cl)nn2)c1Cl. The van der Waals surface area contributed by atoms with E-state index in [4.69, 9.17) is 32.7 Å². The highest BCUT2D eigenvalue weighted by molar-refractivity contribution is 6.32. The van der Waals surface area contributed by atoms with Gasteiger partial charge in [-0.05, 0) is 31.5 Å². The Balaban J connectivity index is 1.67. The molecule has 0 aliphatic carbocycles. The van der Waals surface area contributed by atoms with Gasteiger partial charge in [0, 0.05) is 18.7 Å². The summed E-state index contributed by atoms with van der Waals surface area (Å²) in [6, 6.07) is 8.81. The van der Waals surface area contributed by atoms with Crippen LogP contribution in [-0.4, -0.2) is 47.2 Å². The van der Waals surface area contributed by atoms with Crippen LogP contribution in [0.1, 0.15) is 12.5 Å². The van der Waals surface area contributed by atoms with E-state index in [0.717, 1.165) is 5.56 Å². The van der Waals surface area contributed by atoms with Crippen molar-refractivity contribution in [1.82, 2.24) is 15.5 Å². The van der Waals surface area contributed by atoms with Crippen LogP contribution >= 0.6 is 23.2 Å². The minimum Gasteiger partial charge on any atom is -0.489 e. The quantitative estimate of drug-likeness (QED) is 0.690. The summed E-state index contributed by atoms with van der Waals surface area (Å²) in [5.41, 5.74) is 0.933. The van der Waals surface area contributed by atoms with Gasteiger partial charge in [-0.15, -0.1) is 10.2 Å². The Morgan fingerprint density at radius 1 is 1.12 bits per heavy atom. The molecule has 0 radical (unpaired) electrons. The third-order valence-electron chi connectivity index (χ3n) is 3.38. The number of hydrogen-bond donors (Lipinski definition) is 2. The molecule has 2 atom stereocenters. The maximum atomic E-state index is 10.0. The number of aliphatic hydroxyl groups excluding tert-OH is 1. The number of aromatic nitrogens is 2. The molecule has 2 N–H and O–H groups in total. The summed E-state index contributed by atoms with van der Waals surface area (Å²) in [6.07, 6.45) is -0.672. The number of nitrogens with one attached hydrogen (secondary N) is 1. The second-order valence-electron chi connectivity index (χ2n) is 5.67. The summed E-state index contributed by atoms with van der Waals surface area (Å²) in [5.74, 6) is 0.967. The van der Waals surface area contributed by atoms with Gasteiger partial charge in [-0.1, -0.05) is 35.3 Å². The largest absolute Gasteiger partial charge is 0.489 e. The molecular formula is C17H21Cl2N3O3. The second-order valence-corrected chi connectivity index (χ2v) is 6.43. The lowest BCUT2D eigenvalue weighted by molar-refractivity contribution is 0.101. The van der Waals surface area contributed by atoms with Crippen LogP contribution in [0.5, 0.6) is 11.6 Å². The molecule has 1 heterocycles. The molecule has 2 rings (SSSR count). The fraction of sp³-hybridized carbons (Fsp3) is 0.412. The maximum absolute atomic E-state index is 10.0. The number of halogens is 2. The van der Waals surface area contributed by atoms with Crippen molar-refractivity contribution in [3.63, 3.8) is 0 Å². The van der Waals surface area contributed by atoms with Gasteiger partial charge in [0.2, 0.25) is 5.88 Å². The minimum absolute atomic E-state index is 0.00897. The number of ether oxygens (including phenoxy) is 2. The third kappa shape index (κ3) is 6.66. The Morgan fingerprint density at radius 2 is 1.92 bits per heavy atom. The van der Waals surface area contributed by atoms with Gasteiger partial charge in [0.25, 0.3) is 0 Å². The summed E-state index contributed by atoms with van der Waals surface area (Å²) >= 11 is 11.8. The molecule has 1 aromatic carbocycles. The standard InChI is InChI=1S/C17H21Cl2N3O3/c1-11-4-3-5-14(17(11)19)24-10-13(23)8-20-12(2)9-25-16-7-6-15(18)21-22-16/h3-7,12-13,20,23H,8-10H2,1-2H3. The molecule has 8 heteroatoms. The van der Waals surface area contributed by atoms with E-state index in [-0.39, 0.29) is 12.6 Å². The van der Waals surface area contributed by atoms with E-state index in [1.165, 1.54) is 0 Å². The van der Waals surface area contributed by atoms with E-state index >= 15 is 0 Å². The summed E-state index contributed by atoms with van der Waals surface area (Å²) in [7, 11) is 0. The highest BCUT2D eigenvalue weighted by Crippen LogP contribution is 2.27. The number of benzene rings is 1. The Bertz CT molecular complexity index is 671. The number of aliphatic hydroxyl groups is 1. The number of nitrogens with zero attached hydrogens (tertiary/aromatic N) is 2. The number of hydrogen-bond acceptors (Lipinski definition) is 6. The summed E-state index contributed by atoms with van der Waals surface area (Å²) < 4.78 is 11.1. The molecule has 25 heavy (non-hydrogen) atoms. The molecule has 0 saturated heterocycles. The van der Waals surface area contributed by atoms with E-state index in [0.29, 0.717) is 35.0 Å². The van der Waals surface area contributed by atoms with E-state index in [1.54, 1.807) is 18.2 Å². The fourth-order valence-electron chi connectivity index (χ4n) is 1.96. The third-order valence-corrected chi connectivity index (χ3v) is 4.06. The fourth-order valence-corrected chi connectivity index (χ4v) is 2.25. The van der Waals surface area contributed by atoms with E-state index in [2.05, 4.69) is 15.5 Å². The van der Waals surface area contributed by atoms with E-state index in [9.17, 15) is 5.11 Å². The molecular weight excluding hydrogens is 365 g/mol. The molecule has 6 nitrogen and oxygen atoms in total. The zero-order chi connectivity index (χ0) is 18.2. The molecule has 1 aromatic heterocycles. The monoisotopic (exact) mass is 385 g/mol. The predicted octanol–water partition coefficient (Wildman–Crippen LogP) is 2.89. The summed E-state index contributed by atoms with van der Waals surface area (Å²) in [6.45, 7) is 4.73. The molecule has 0 bridgehead atoms. The van der Waals surface area contributed by atoms with Crippen molar-refractivity contribution in [2.45, 2.75) is 26.0 Å². The van der Waals surface area contributed by atoms with E-state index in [1.807, 2.05) is 26.0 Å². The summed E-state index contributed by atoms with van der Waals surface area (Å²) in [5, 5.41) is 21.6. The van der Waals surface area contributed by atoms with Crippen LogP contribution < -0.4 is 14.8 Å². The van der Waals surface area contributed by atoms with Crippen molar-refractivity contribution in [3.05, 3.63) is 46.1 Å². The predicted molar refractivity (Wildman–Crippen MR) is 97.7 cm³/mol. The van der Waals surface area contributed by atoms with Gasteiger partial charge in [-0.2, -0.15) is 0 Å². The summed E-state index contributed by atoms with van der Waals surface area (Å²) in [4.78, 5) is 0. The first-order valence-electron chi connectivity index (χ1n) is 7.87. The first kappa shape index (κ1) is 19.7. The van der Waals surface area contributed by atoms with Gasteiger partial charge in [-0.3, -0.25) is 0 Å². The van der Waals surface area contributed by atoms with Crippen LogP contribution in [0.2, 0.25) is 10.2 Å². The van der Waals surface area contributed by atoms with Gasteiger partial charge in [0.05, 0.1) is 5.02 Å². The molecule has 2 unspecified atom stereocenters. The van der Waals surface area contributed by atoms with Crippen molar-refractivity contribution in [1.29, 1.82) is 0 Å². The van der Waals surface area contributed by atoms with Crippen molar-refractivity contribution in [2.75, 3.05) is 19.8 Å². The van der Waals surface area contributed by atoms with Gasteiger partial charge >= 0.3 is 0 Å². The number of rotatable bonds is 9. The minimum atomic E-state index is -0.672. The Hall–Kier alpha value is -1.60. The lowest BCUT2D eigenvalue weighted by Crippen LogP contribution is -2.39. The van der Waals surface area contributed by atoms with Gasteiger partial charge < -0.3 is 19.9 Å². The van der Waals surface area contributed by atoms with Gasteiger partial charge in [0.1, 0.15) is 25.1 Å². The Morgan fingerprint density at radius 3 is 2.64 bits per heavy atom. The van der Waals surface area contributed by atoms with Crippen LogP contribution in [0.4, 0.5) is 0 Å². The molecule has 0 aliphatic rings. The van der Waals surface area contributed by atoms with E-state index < -0.39 is 6.10 Å². The molecule has 136 valence electrons. The average Bonchev–Trinajstić information content (AvgIpc) is 2.60. The normalized spacial score (nSPS) is 13.3. The Kier molecular flexibility index (Phi) is 7.71. The van der Waals surface area contributed by atoms with Gasteiger partial charge in [0.15, 0.2) is 5.15 Å². The Labute approximate surface area is 157 Å². The van der Waals surface area contributed by atoms with Crippen LogP contribution in [0.3, 0.4) is 0 Å². The molecule has 0 spiro atoms. The number of aryl methyl sites for hydroxylation is 1. The second kappa shape index (κ2) is 9.77. The average molecular weight is 386 g/mol. The van der Waals surface area contributed by atoms with Crippen molar-refractivity contribution >= 4 is 23.2 Å². The lowest BCUT2D eigenvalue weighted by Gasteiger charge is -2.18. The lowest BCUT2D eigenvalue weighted by atomic mass is 10.2.